The predicted molar refractivity (Wildman–Crippen MR) is 157 cm³/mol. The molecule has 3 aromatic rings. The first-order valence-electron chi connectivity index (χ1n) is 14.6. The second-order valence-corrected chi connectivity index (χ2v) is 12.0. The highest BCUT2D eigenvalue weighted by Gasteiger charge is 2.62. The summed E-state index contributed by atoms with van der Waals surface area (Å²) in [4.78, 5) is 39.1. The molecule has 6 rings (SSSR count). The molecule has 2 saturated carbocycles. The fraction of sp³-hybridized carbons (Fsp3) is 0.382. The molecule has 0 aliphatic heterocycles. The van der Waals surface area contributed by atoms with Gasteiger partial charge in [-0.05, 0) is 65.8 Å². The van der Waals surface area contributed by atoms with Crippen LogP contribution in [-0.4, -0.2) is 47.4 Å². The number of fused-ring (bicyclic) bond motifs is 3. The van der Waals surface area contributed by atoms with Crippen molar-refractivity contribution in [3.63, 3.8) is 0 Å². The number of rotatable bonds is 10. The monoisotopic (exact) mass is 568 g/mol. The van der Waals surface area contributed by atoms with Gasteiger partial charge in [-0.15, -0.1) is 0 Å². The first kappa shape index (κ1) is 28.0. The highest BCUT2D eigenvalue weighted by Crippen LogP contribution is 2.60. The molecule has 2 amide bonds. The van der Waals surface area contributed by atoms with Crippen LogP contribution in [0.5, 0.6) is 0 Å². The topological polar surface area (TPSA) is 114 Å². The molecule has 218 valence electrons. The van der Waals surface area contributed by atoms with Crippen LogP contribution in [0.2, 0.25) is 0 Å². The Morgan fingerprint density at radius 3 is 2.07 bits per heavy atom. The van der Waals surface area contributed by atoms with E-state index in [1.807, 2.05) is 54.6 Å². The number of carbonyl (C=O) groups excluding carboxylic acids is 2. The van der Waals surface area contributed by atoms with Gasteiger partial charge in [-0.25, -0.2) is 9.59 Å². The summed E-state index contributed by atoms with van der Waals surface area (Å²) >= 11 is 0. The van der Waals surface area contributed by atoms with Crippen molar-refractivity contribution in [2.75, 3.05) is 6.61 Å². The van der Waals surface area contributed by atoms with E-state index in [1.165, 1.54) is 0 Å². The average Bonchev–Trinajstić information content (AvgIpc) is 3.28. The molecule has 3 aromatic carbocycles. The molecule has 1 spiro atoms. The van der Waals surface area contributed by atoms with Gasteiger partial charge in [-0.2, -0.15) is 0 Å². The number of carboxylic acid groups (broad SMARTS) is 1. The molecule has 3 N–H and O–H groups in total. The van der Waals surface area contributed by atoms with Gasteiger partial charge < -0.3 is 25.2 Å². The first-order valence-corrected chi connectivity index (χ1v) is 14.6. The lowest BCUT2D eigenvalue weighted by Crippen LogP contribution is -2.72. The van der Waals surface area contributed by atoms with Crippen LogP contribution in [0.15, 0.2) is 78.9 Å². The third-order valence-electron chi connectivity index (χ3n) is 9.27. The molecule has 0 saturated heterocycles. The SMILES string of the molecule is C[C@@H](OCc1ccccc1)[C@H](NC(=O)C1(NC(=O)OCC2c3ccccc3-c3ccccc32)CC2(CCC2)C1)C(=O)O. The smallest absolute Gasteiger partial charge is 0.408 e. The van der Waals surface area contributed by atoms with Crippen molar-refractivity contribution in [3.05, 3.63) is 95.6 Å². The van der Waals surface area contributed by atoms with Crippen molar-refractivity contribution >= 4 is 18.0 Å². The fourth-order valence-electron chi connectivity index (χ4n) is 6.95. The number of ether oxygens (including phenoxy) is 2. The summed E-state index contributed by atoms with van der Waals surface area (Å²) in [5.41, 5.74) is 4.16. The van der Waals surface area contributed by atoms with E-state index in [2.05, 4.69) is 34.9 Å². The first-order chi connectivity index (χ1) is 20.3. The van der Waals surface area contributed by atoms with Crippen LogP contribution in [0.4, 0.5) is 4.79 Å². The van der Waals surface area contributed by atoms with Crippen LogP contribution in [0.25, 0.3) is 11.1 Å². The standard InChI is InChI=1S/C34H36N2O6/c1-22(41-18-23-10-3-2-4-11-23)29(30(37)38)35-31(39)34(20-33(21-34)16-9-17-33)36-32(40)42-19-28-26-14-7-5-12-24(26)25-13-6-8-15-27(25)28/h2-8,10-15,22,28-29H,9,16-21H2,1H3,(H,35,39)(H,36,40)(H,37,38)/t22-,29+/m1/s1. The van der Waals surface area contributed by atoms with E-state index in [1.54, 1.807) is 6.92 Å². The highest BCUT2D eigenvalue weighted by atomic mass is 16.5. The van der Waals surface area contributed by atoms with Gasteiger partial charge in [-0.1, -0.05) is 85.3 Å². The van der Waals surface area contributed by atoms with Gasteiger partial charge in [0.2, 0.25) is 5.91 Å². The van der Waals surface area contributed by atoms with Gasteiger partial charge >= 0.3 is 12.1 Å². The van der Waals surface area contributed by atoms with Crippen molar-refractivity contribution in [1.29, 1.82) is 0 Å². The summed E-state index contributed by atoms with van der Waals surface area (Å²) in [5, 5.41) is 15.5. The number of nitrogens with one attached hydrogen (secondary N) is 2. The van der Waals surface area contributed by atoms with Crippen LogP contribution < -0.4 is 10.6 Å². The molecule has 8 heteroatoms. The van der Waals surface area contributed by atoms with Crippen molar-refractivity contribution in [2.24, 2.45) is 5.41 Å². The lowest BCUT2D eigenvalue weighted by Gasteiger charge is -2.59. The largest absolute Gasteiger partial charge is 0.480 e. The van der Waals surface area contributed by atoms with Crippen molar-refractivity contribution in [1.82, 2.24) is 10.6 Å². The normalized spacial score (nSPS) is 18.9. The number of benzene rings is 3. The Morgan fingerprint density at radius 1 is 0.905 bits per heavy atom. The third kappa shape index (κ3) is 5.27. The summed E-state index contributed by atoms with van der Waals surface area (Å²) in [7, 11) is 0. The van der Waals surface area contributed by atoms with Gasteiger partial charge in [0.1, 0.15) is 12.1 Å². The minimum Gasteiger partial charge on any atom is -0.480 e. The van der Waals surface area contributed by atoms with E-state index >= 15 is 0 Å². The van der Waals surface area contributed by atoms with E-state index in [9.17, 15) is 19.5 Å². The molecule has 0 bridgehead atoms. The van der Waals surface area contributed by atoms with Crippen molar-refractivity contribution in [3.8, 4) is 11.1 Å². The van der Waals surface area contributed by atoms with Gasteiger partial charge in [0.25, 0.3) is 0 Å². The summed E-state index contributed by atoms with van der Waals surface area (Å²) in [6, 6.07) is 24.4. The molecule has 42 heavy (non-hydrogen) atoms. The second-order valence-electron chi connectivity index (χ2n) is 12.0. The Labute approximate surface area is 245 Å². The van der Waals surface area contributed by atoms with E-state index in [-0.39, 0.29) is 24.5 Å². The number of aliphatic carboxylic acids is 1. The van der Waals surface area contributed by atoms with Crippen molar-refractivity contribution in [2.45, 2.75) is 69.2 Å². The molecule has 2 fully saturated rings. The molecule has 0 radical (unpaired) electrons. The predicted octanol–water partition coefficient (Wildman–Crippen LogP) is 5.40. The second kappa shape index (κ2) is 11.2. The Kier molecular flexibility index (Phi) is 7.49. The lowest BCUT2D eigenvalue weighted by atomic mass is 9.48. The Bertz CT molecular complexity index is 1430. The number of hydrogen-bond acceptors (Lipinski definition) is 5. The molecule has 0 heterocycles. The zero-order valence-electron chi connectivity index (χ0n) is 23.7. The average molecular weight is 569 g/mol. The molecular weight excluding hydrogens is 532 g/mol. The summed E-state index contributed by atoms with van der Waals surface area (Å²) < 4.78 is 11.6. The van der Waals surface area contributed by atoms with Crippen LogP contribution in [0.1, 0.15) is 61.6 Å². The van der Waals surface area contributed by atoms with Crippen LogP contribution in [0.3, 0.4) is 0 Å². The number of amides is 2. The number of carbonyl (C=O) groups is 3. The van der Waals surface area contributed by atoms with Crippen LogP contribution >= 0.6 is 0 Å². The Morgan fingerprint density at radius 2 is 1.50 bits per heavy atom. The lowest BCUT2D eigenvalue weighted by molar-refractivity contribution is -0.153. The maximum Gasteiger partial charge on any atom is 0.408 e. The molecular formula is C34H36N2O6. The van der Waals surface area contributed by atoms with Gasteiger partial charge in [0.15, 0.2) is 6.04 Å². The quantitative estimate of drug-likeness (QED) is 0.302. The number of alkyl carbamates (subject to hydrolysis) is 1. The minimum atomic E-state index is -1.28. The highest BCUT2D eigenvalue weighted by molar-refractivity contribution is 5.94. The zero-order chi connectivity index (χ0) is 29.3. The maximum atomic E-state index is 13.7. The molecule has 0 unspecified atom stereocenters. The van der Waals surface area contributed by atoms with Crippen molar-refractivity contribution < 1.29 is 29.0 Å². The van der Waals surface area contributed by atoms with Gasteiger partial charge in [-0.3, -0.25) is 4.79 Å². The molecule has 2 atom stereocenters. The number of carboxylic acids is 1. The summed E-state index contributed by atoms with van der Waals surface area (Å²) in [6.07, 6.45) is 2.52. The van der Waals surface area contributed by atoms with E-state index in [0.717, 1.165) is 47.1 Å². The van der Waals surface area contributed by atoms with E-state index in [4.69, 9.17) is 9.47 Å². The van der Waals surface area contributed by atoms with Crippen LogP contribution in [-0.2, 0) is 25.7 Å². The molecule has 8 nitrogen and oxygen atoms in total. The van der Waals surface area contributed by atoms with Crippen LogP contribution in [0, 0.1) is 5.41 Å². The molecule has 3 aliphatic rings. The minimum absolute atomic E-state index is 0.0160. The van der Waals surface area contributed by atoms with E-state index < -0.39 is 35.7 Å². The fourth-order valence-corrected chi connectivity index (χ4v) is 6.95. The summed E-state index contributed by atoms with van der Waals surface area (Å²) in [5.74, 6) is -1.82. The van der Waals surface area contributed by atoms with Gasteiger partial charge in [0, 0.05) is 5.92 Å². The summed E-state index contributed by atoms with van der Waals surface area (Å²) in [6.45, 7) is 1.97. The molecule has 3 aliphatic carbocycles. The zero-order valence-corrected chi connectivity index (χ0v) is 23.7. The third-order valence-corrected chi connectivity index (χ3v) is 9.27. The maximum absolute atomic E-state index is 13.7. The number of hydrogen-bond donors (Lipinski definition) is 3. The Balaban J connectivity index is 1.12. The van der Waals surface area contributed by atoms with E-state index in [0.29, 0.717) is 12.8 Å². The molecule has 0 aromatic heterocycles. The van der Waals surface area contributed by atoms with Gasteiger partial charge in [0.05, 0.1) is 12.7 Å². The Hall–Kier alpha value is -4.17.